The molecule has 0 aliphatic carbocycles. The van der Waals surface area contributed by atoms with Crippen LogP contribution in [-0.4, -0.2) is 0 Å². The Hall–Kier alpha value is -5.20. The lowest BCUT2D eigenvalue weighted by atomic mass is 9.92. The van der Waals surface area contributed by atoms with Gasteiger partial charge in [-0.3, -0.25) is 0 Å². The lowest BCUT2D eigenvalue weighted by molar-refractivity contribution is 1.70. The summed E-state index contributed by atoms with van der Waals surface area (Å²) in [5.74, 6) is 0. The van der Waals surface area contributed by atoms with Crippen molar-refractivity contribution in [2.45, 2.75) is 0 Å². The van der Waals surface area contributed by atoms with Crippen LogP contribution in [0.5, 0.6) is 0 Å². The van der Waals surface area contributed by atoms with Crippen molar-refractivity contribution in [3.63, 3.8) is 0 Å². The highest BCUT2D eigenvalue weighted by Gasteiger charge is 2.09. The second-order valence-electron chi connectivity index (χ2n) is 11.1. The van der Waals surface area contributed by atoms with Crippen molar-refractivity contribution in [1.29, 1.82) is 0 Å². The Bertz CT molecular complexity index is 2480. The lowest BCUT2D eigenvalue weighted by Gasteiger charge is -2.12. The maximum atomic E-state index is 2.37. The Kier molecular flexibility index (Phi) is 4.42. The highest BCUT2D eigenvalue weighted by Crippen LogP contribution is 2.36. The number of hydrogen-bond acceptors (Lipinski definition) is 0. The van der Waals surface area contributed by atoms with Gasteiger partial charge in [0, 0.05) is 0 Å². The fourth-order valence-electron chi connectivity index (χ4n) is 6.58. The smallest absolute Gasteiger partial charge is 0.00990 e. The summed E-state index contributed by atoms with van der Waals surface area (Å²) < 4.78 is 0. The summed E-state index contributed by atoms with van der Waals surface area (Å²) in [6.45, 7) is 0. The van der Waals surface area contributed by atoms with E-state index >= 15 is 0 Å². The van der Waals surface area contributed by atoms with Crippen LogP contribution in [0, 0.1) is 0 Å². The van der Waals surface area contributed by atoms with Gasteiger partial charge >= 0.3 is 0 Å². The van der Waals surface area contributed by atoms with Gasteiger partial charge in [0.1, 0.15) is 0 Å². The first-order chi connectivity index (χ1) is 19.7. The molecule has 9 rings (SSSR count). The fourth-order valence-corrected chi connectivity index (χ4v) is 6.58. The molecule has 9 aromatic rings. The molecule has 0 heterocycles. The van der Waals surface area contributed by atoms with Crippen LogP contribution >= 0.6 is 0 Å². The van der Waals surface area contributed by atoms with Gasteiger partial charge in [-0.05, 0) is 153 Å². The molecule has 9 aromatic carbocycles. The first-order valence-electron chi connectivity index (χ1n) is 13.9. The molecular weight excluding hydrogens is 480 g/mol. The minimum Gasteiger partial charge on any atom is -0.0616 e. The summed E-state index contributed by atoms with van der Waals surface area (Å²) in [6.07, 6.45) is 0. The SMILES string of the molecule is c1ccc2cc3cc4cc5cc(-c6cccc7cc8cc9ccccc9cc8cc67)ccc5cc4cc3cc2c1. The standard InChI is InChI=1S/C40H24/c1-2-8-27-16-35-23-37-21-32-20-31(13-12-29(32)18-36(37)22-34(35)15-26(27)7-1)39-11-5-10-30-19-33-14-25-6-3-4-9-28(25)17-38(33)24-40(30)39/h1-24H. The van der Waals surface area contributed by atoms with Gasteiger partial charge in [-0.2, -0.15) is 0 Å². The number of benzene rings is 9. The number of fused-ring (bicyclic) bond motifs is 7. The third-order valence-electron chi connectivity index (χ3n) is 8.63. The highest BCUT2D eigenvalue weighted by atomic mass is 14.1. The molecule has 0 saturated heterocycles. The van der Waals surface area contributed by atoms with E-state index in [1.165, 1.54) is 86.5 Å². The summed E-state index contributed by atoms with van der Waals surface area (Å²) in [4.78, 5) is 0. The first-order valence-corrected chi connectivity index (χ1v) is 13.9. The molecule has 184 valence electrons. The molecule has 0 aromatic heterocycles. The van der Waals surface area contributed by atoms with Crippen LogP contribution in [0.15, 0.2) is 146 Å². The van der Waals surface area contributed by atoms with E-state index in [0.717, 1.165) is 0 Å². The Morgan fingerprint density at radius 2 is 0.600 bits per heavy atom. The molecule has 0 radical (unpaired) electrons. The van der Waals surface area contributed by atoms with Crippen LogP contribution in [0.3, 0.4) is 0 Å². The molecule has 40 heavy (non-hydrogen) atoms. The van der Waals surface area contributed by atoms with Crippen molar-refractivity contribution in [3.8, 4) is 11.1 Å². The molecule has 0 unspecified atom stereocenters. The number of hydrogen-bond donors (Lipinski definition) is 0. The Balaban J connectivity index is 1.23. The number of rotatable bonds is 1. The maximum Gasteiger partial charge on any atom is -0.00990 e. The predicted molar refractivity (Wildman–Crippen MR) is 174 cm³/mol. The molecular formula is C40H24. The zero-order valence-electron chi connectivity index (χ0n) is 21.9. The van der Waals surface area contributed by atoms with Gasteiger partial charge in [0.05, 0.1) is 0 Å². The third-order valence-corrected chi connectivity index (χ3v) is 8.63. The van der Waals surface area contributed by atoms with Crippen LogP contribution in [-0.2, 0) is 0 Å². The van der Waals surface area contributed by atoms with E-state index in [-0.39, 0.29) is 0 Å². The van der Waals surface area contributed by atoms with Crippen LogP contribution < -0.4 is 0 Å². The van der Waals surface area contributed by atoms with Crippen molar-refractivity contribution in [2.24, 2.45) is 0 Å². The average molecular weight is 505 g/mol. The molecule has 0 nitrogen and oxygen atoms in total. The fraction of sp³-hybridized carbons (Fsp3) is 0. The second kappa shape index (κ2) is 8.15. The molecule has 0 N–H and O–H groups in total. The van der Waals surface area contributed by atoms with Crippen molar-refractivity contribution in [1.82, 2.24) is 0 Å². The summed E-state index contributed by atoms with van der Waals surface area (Å²) in [5, 5.41) is 18.0. The molecule has 0 atom stereocenters. The van der Waals surface area contributed by atoms with E-state index in [0.29, 0.717) is 0 Å². The van der Waals surface area contributed by atoms with E-state index in [9.17, 15) is 0 Å². The largest absolute Gasteiger partial charge is 0.0616 e. The molecule has 0 spiro atoms. The van der Waals surface area contributed by atoms with E-state index in [4.69, 9.17) is 0 Å². The molecule has 0 saturated carbocycles. The van der Waals surface area contributed by atoms with Crippen LogP contribution in [0.1, 0.15) is 0 Å². The van der Waals surface area contributed by atoms with Crippen LogP contribution in [0.2, 0.25) is 0 Å². The quantitative estimate of drug-likeness (QED) is 0.195. The second-order valence-corrected chi connectivity index (χ2v) is 11.1. The summed E-state index contributed by atoms with van der Waals surface area (Å²) >= 11 is 0. The normalized spacial score (nSPS) is 12.0. The summed E-state index contributed by atoms with van der Waals surface area (Å²) in [6, 6.07) is 54.2. The van der Waals surface area contributed by atoms with Gasteiger partial charge < -0.3 is 0 Å². The van der Waals surface area contributed by atoms with Gasteiger partial charge in [-0.1, -0.05) is 78.9 Å². The zero-order chi connectivity index (χ0) is 26.2. The molecule has 0 amide bonds. The zero-order valence-corrected chi connectivity index (χ0v) is 21.9. The summed E-state index contributed by atoms with van der Waals surface area (Å²) in [7, 11) is 0. The first kappa shape index (κ1) is 21.7. The van der Waals surface area contributed by atoms with E-state index in [1.807, 2.05) is 0 Å². The van der Waals surface area contributed by atoms with E-state index in [1.54, 1.807) is 0 Å². The minimum absolute atomic E-state index is 1.25. The van der Waals surface area contributed by atoms with Crippen LogP contribution in [0.4, 0.5) is 0 Å². The Morgan fingerprint density at radius 1 is 0.225 bits per heavy atom. The molecule has 0 heteroatoms. The minimum atomic E-state index is 1.25. The van der Waals surface area contributed by atoms with Gasteiger partial charge in [0.25, 0.3) is 0 Å². The van der Waals surface area contributed by atoms with E-state index < -0.39 is 0 Å². The monoisotopic (exact) mass is 504 g/mol. The van der Waals surface area contributed by atoms with Crippen molar-refractivity contribution in [3.05, 3.63) is 146 Å². The Labute approximate surface area is 231 Å². The van der Waals surface area contributed by atoms with Crippen molar-refractivity contribution >= 4 is 75.4 Å². The van der Waals surface area contributed by atoms with Crippen molar-refractivity contribution < 1.29 is 0 Å². The van der Waals surface area contributed by atoms with E-state index in [2.05, 4.69) is 146 Å². The average Bonchev–Trinajstić information content (AvgIpc) is 2.99. The highest BCUT2D eigenvalue weighted by molar-refractivity contribution is 6.11. The van der Waals surface area contributed by atoms with Gasteiger partial charge in [0.15, 0.2) is 0 Å². The molecule has 0 fully saturated rings. The predicted octanol–water partition coefficient (Wildman–Crippen LogP) is 11.4. The lowest BCUT2D eigenvalue weighted by Crippen LogP contribution is -1.85. The third kappa shape index (κ3) is 3.33. The van der Waals surface area contributed by atoms with Gasteiger partial charge in [-0.15, -0.1) is 0 Å². The topological polar surface area (TPSA) is 0 Å². The van der Waals surface area contributed by atoms with Crippen molar-refractivity contribution in [2.75, 3.05) is 0 Å². The summed E-state index contributed by atoms with van der Waals surface area (Å²) in [5.41, 5.74) is 2.53. The van der Waals surface area contributed by atoms with Gasteiger partial charge in [-0.25, -0.2) is 0 Å². The Morgan fingerprint density at radius 3 is 1.12 bits per heavy atom. The van der Waals surface area contributed by atoms with Crippen LogP contribution in [0.25, 0.3) is 86.5 Å². The molecule has 0 bridgehead atoms. The molecule has 0 aliphatic rings. The molecule has 0 aliphatic heterocycles. The van der Waals surface area contributed by atoms with Gasteiger partial charge in [0.2, 0.25) is 0 Å². The maximum absolute atomic E-state index is 2.37.